The Kier molecular flexibility index (Phi) is 6.31. The Morgan fingerprint density at radius 2 is 1.88 bits per heavy atom. The van der Waals surface area contributed by atoms with E-state index in [9.17, 15) is 14.7 Å². The van der Waals surface area contributed by atoms with Gasteiger partial charge in [-0.1, -0.05) is 38.5 Å². The molecule has 1 amide bonds. The van der Waals surface area contributed by atoms with Crippen LogP contribution in [-0.2, 0) is 11.2 Å². The molecule has 2 atom stereocenters. The minimum Gasteiger partial charge on any atom is -0.394 e. The first-order valence-electron chi connectivity index (χ1n) is 8.79. The maximum absolute atomic E-state index is 12.5. The van der Waals surface area contributed by atoms with E-state index in [1.165, 1.54) is 4.68 Å². The molecular formula is C19H27N3O3. The number of fused-ring (bicyclic) bond motifs is 1. The molecular weight excluding hydrogens is 318 g/mol. The number of amides is 1. The van der Waals surface area contributed by atoms with E-state index in [-0.39, 0.29) is 42.5 Å². The summed E-state index contributed by atoms with van der Waals surface area (Å²) >= 11 is 0. The first-order valence-corrected chi connectivity index (χ1v) is 8.79. The Labute approximate surface area is 147 Å². The highest BCUT2D eigenvalue weighted by molar-refractivity contribution is 5.88. The lowest BCUT2D eigenvalue weighted by Gasteiger charge is -2.22. The van der Waals surface area contributed by atoms with Crippen molar-refractivity contribution < 1.29 is 9.90 Å². The van der Waals surface area contributed by atoms with Crippen LogP contribution in [0.15, 0.2) is 29.1 Å². The fourth-order valence-corrected chi connectivity index (χ4v) is 2.82. The highest BCUT2D eigenvalue weighted by Gasteiger charge is 2.19. The van der Waals surface area contributed by atoms with Crippen molar-refractivity contribution in [2.75, 3.05) is 6.61 Å². The van der Waals surface area contributed by atoms with Crippen LogP contribution in [0.5, 0.6) is 0 Å². The predicted molar refractivity (Wildman–Crippen MR) is 98.6 cm³/mol. The van der Waals surface area contributed by atoms with Crippen LogP contribution in [0.1, 0.15) is 45.9 Å². The molecule has 1 heterocycles. The lowest BCUT2D eigenvalue weighted by molar-refractivity contribution is -0.121. The van der Waals surface area contributed by atoms with Crippen LogP contribution in [-0.4, -0.2) is 33.4 Å². The molecule has 0 aliphatic heterocycles. The highest BCUT2D eigenvalue weighted by atomic mass is 16.3. The van der Waals surface area contributed by atoms with Gasteiger partial charge in [0, 0.05) is 5.39 Å². The quantitative estimate of drug-likeness (QED) is 0.804. The zero-order chi connectivity index (χ0) is 18.6. The number of benzene rings is 1. The van der Waals surface area contributed by atoms with Gasteiger partial charge in [-0.2, -0.15) is 5.10 Å². The van der Waals surface area contributed by atoms with Crippen LogP contribution in [0.3, 0.4) is 0 Å². The average Bonchev–Trinajstić information content (AvgIpc) is 2.61. The maximum Gasteiger partial charge on any atom is 0.274 e. The van der Waals surface area contributed by atoms with Gasteiger partial charge in [0.1, 0.15) is 0 Å². The number of hydrogen-bond donors (Lipinski definition) is 2. The lowest BCUT2D eigenvalue weighted by Crippen LogP contribution is -2.42. The zero-order valence-corrected chi connectivity index (χ0v) is 15.3. The first-order chi connectivity index (χ1) is 11.9. The normalized spacial score (nSPS) is 13.8. The van der Waals surface area contributed by atoms with Gasteiger partial charge in [0.05, 0.1) is 36.2 Å². The van der Waals surface area contributed by atoms with Gasteiger partial charge in [-0.05, 0) is 25.8 Å². The highest BCUT2D eigenvalue weighted by Crippen LogP contribution is 2.16. The van der Waals surface area contributed by atoms with Crippen molar-refractivity contribution in [2.24, 2.45) is 5.92 Å². The Morgan fingerprint density at radius 3 is 2.44 bits per heavy atom. The summed E-state index contributed by atoms with van der Waals surface area (Å²) in [6, 6.07) is 6.84. The van der Waals surface area contributed by atoms with Crippen LogP contribution in [0, 0.1) is 5.92 Å². The van der Waals surface area contributed by atoms with Crippen molar-refractivity contribution in [2.45, 2.75) is 52.6 Å². The van der Waals surface area contributed by atoms with E-state index in [1.54, 1.807) is 6.07 Å². The van der Waals surface area contributed by atoms with Gasteiger partial charge in [-0.15, -0.1) is 0 Å². The smallest absolute Gasteiger partial charge is 0.274 e. The molecule has 136 valence electrons. The monoisotopic (exact) mass is 345 g/mol. The molecule has 0 unspecified atom stereocenters. The van der Waals surface area contributed by atoms with Crippen LogP contribution >= 0.6 is 0 Å². The summed E-state index contributed by atoms with van der Waals surface area (Å²) in [5.41, 5.74) is 0.421. The molecule has 0 radical (unpaired) electrons. The molecule has 6 heteroatoms. The molecule has 0 aliphatic rings. The van der Waals surface area contributed by atoms with Gasteiger partial charge in [0.15, 0.2) is 0 Å². The Morgan fingerprint density at radius 1 is 1.24 bits per heavy atom. The van der Waals surface area contributed by atoms with E-state index in [2.05, 4.69) is 10.4 Å². The van der Waals surface area contributed by atoms with Gasteiger partial charge >= 0.3 is 0 Å². The number of nitrogens with one attached hydrogen (secondary N) is 1. The number of carbonyl (C=O) groups excluding carboxylic acids is 1. The molecule has 0 spiro atoms. The molecule has 2 rings (SSSR count). The number of aliphatic hydroxyl groups is 1. The Balaban J connectivity index is 2.36. The second-order valence-electron chi connectivity index (χ2n) is 6.75. The second-order valence-corrected chi connectivity index (χ2v) is 6.75. The summed E-state index contributed by atoms with van der Waals surface area (Å²) in [6.45, 7) is 7.69. The molecule has 6 nitrogen and oxygen atoms in total. The van der Waals surface area contributed by atoms with Crippen LogP contribution < -0.4 is 10.9 Å². The van der Waals surface area contributed by atoms with E-state index in [1.807, 2.05) is 45.9 Å². The number of rotatable bonds is 7. The molecule has 0 aliphatic carbocycles. The maximum atomic E-state index is 12.5. The lowest BCUT2D eigenvalue weighted by atomic mass is 9.99. The van der Waals surface area contributed by atoms with Gasteiger partial charge < -0.3 is 10.4 Å². The van der Waals surface area contributed by atoms with Crippen LogP contribution in [0.4, 0.5) is 0 Å². The molecule has 1 aromatic carbocycles. The van der Waals surface area contributed by atoms with Crippen molar-refractivity contribution in [1.29, 1.82) is 0 Å². The predicted octanol–water partition coefficient (Wildman–Crippen LogP) is 2.04. The number of aliphatic hydroxyl groups excluding tert-OH is 1. The van der Waals surface area contributed by atoms with Gasteiger partial charge in [-0.3, -0.25) is 9.59 Å². The molecule has 25 heavy (non-hydrogen) atoms. The first kappa shape index (κ1) is 19.1. The van der Waals surface area contributed by atoms with Crippen molar-refractivity contribution in [1.82, 2.24) is 15.1 Å². The fourth-order valence-electron chi connectivity index (χ4n) is 2.82. The van der Waals surface area contributed by atoms with E-state index in [0.29, 0.717) is 16.5 Å². The average molecular weight is 345 g/mol. The van der Waals surface area contributed by atoms with E-state index in [0.717, 1.165) is 6.42 Å². The minimum atomic E-state index is -0.278. The molecule has 2 N–H and O–H groups in total. The van der Waals surface area contributed by atoms with E-state index < -0.39 is 0 Å². The summed E-state index contributed by atoms with van der Waals surface area (Å²) < 4.78 is 1.42. The number of nitrogens with zero attached hydrogens (tertiary/aromatic N) is 2. The Bertz CT molecular complexity index is 798. The number of aromatic nitrogens is 2. The SMILES string of the molecule is CC[C@@H](C)[C@H](CO)NC(=O)Cc1nn(C(C)C)c(=O)c2ccccc12. The molecule has 2 aromatic rings. The van der Waals surface area contributed by atoms with Gasteiger partial charge in [0.2, 0.25) is 5.91 Å². The molecule has 1 aromatic heterocycles. The van der Waals surface area contributed by atoms with Crippen molar-refractivity contribution in [3.63, 3.8) is 0 Å². The standard InChI is InChI=1S/C19H27N3O3/c1-5-13(4)17(11-23)20-18(24)10-16-14-8-6-7-9-15(14)19(25)22(21-16)12(2)3/h6-9,12-13,17,23H,5,10-11H2,1-4H3,(H,20,24)/t13-,17+/m1/s1. The van der Waals surface area contributed by atoms with E-state index in [4.69, 9.17) is 0 Å². The second kappa shape index (κ2) is 8.25. The van der Waals surface area contributed by atoms with Gasteiger partial charge in [0.25, 0.3) is 5.56 Å². The third kappa shape index (κ3) is 4.25. The summed E-state index contributed by atoms with van der Waals surface area (Å²) in [7, 11) is 0. The molecule has 0 saturated carbocycles. The fraction of sp³-hybridized carbons (Fsp3) is 0.526. The third-order valence-corrected chi connectivity index (χ3v) is 4.60. The molecule has 0 saturated heterocycles. The third-order valence-electron chi connectivity index (χ3n) is 4.60. The Hall–Kier alpha value is -2.21. The molecule has 0 bridgehead atoms. The number of hydrogen-bond acceptors (Lipinski definition) is 4. The summed E-state index contributed by atoms with van der Waals surface area (Å²) in [6.07, 6.45) is 0.936. The topological polar surface area (TPSA) is 84.2 Å². The van der Waals surface area contributed by atoms with Crippen molar-refractivity contribution in [3.8, 4) is 0 Å². The molecule has 0 fully saturated rings. The summed E-state index contributed by atoms with van der Waals surface area (Å²) in [5.74, 6) is -0.0192. The van der Waals surface area contributed by atoms with E-state index >= 15 is 0 Å². The van der Waals surface area contributed by atoms with Crippen LogP contribution in [0.25, 0.3) is 10.8 Å². The summed E-state index contributed by atoms with van der Waals surface area (Å²) in [4.78, 5) is 25.0. The summed E-state index contributed by atoms with van der Waals surface area (Å²) in [5, 5.41) is 18.1. The van der Waals surface area contributed by atoms with Crippen molar-refractivity contribution in [3.05, 3.63) is 40.3 Å². The zero-order valence-electron chi connectivity index (χ0n) is 15.3. The number of carbonyl (C=O) groups is 1. The largest absolute Gasteiger partial charge is 0.394 e. The van der Waals surface area contributed by atoms with Gasteiger partial charge in [-0.25, -0.2) is 4.68 Å². The van der Waals surface area contributed by atoms with Crippen molar-refractivity contribution >= 4 is 16.7 Å². The minimum absolute atomic E-state index is 0.0699. The van der Waals surface area contributed by atoms with Crippen LogP contribution in [0.2, 0.25) is 0 Å².